The minimum absolute atomic E-state index is 0.0934. The van der Waals surface area contributed by atoms with Crippen molar-refractivity contribution in [2.45, 2.75) is 76.2 Å². The summed E-state index contributed by atoms with van der Waals surface area (Å²) >= 11 is 0. The van der Waals surface area contributed by atoms with Gasteiger partial charge < -0.3 is 60.7 Å². The Hall–Kier alpha value is -4.31. The van der Waals surface area contributed by atoms with Crippen LogP contribution in [-0.2, 0) is 43.1 Å². The molecule has 0 aliphatic rings. The van der Waals surface area contributed by atoms with Gasteiger partial charge in [0.15, 0.2) is 18.3 Å². The van der Waals surface area contributed by atoms with Crippen LogP contribution in [0.3, 0.4) is 0 Å². The van der Waals surface area contributed by atoms with Crippen LogP contribution in [0, 0.1) is 17.5 Å². The third-order valence-electron chi connectivity index (χ3n) is 7.68. The van der Waals surface area contributed by atoms with Gasteiger partial charge in [-0.3, -0.25) is 0 Å². The van der Waals surface area contributed by atoms with E-state index in [0.29, 0.717) is 16.7 Å². The van der Waals surface area contributed by atoms with Crippen LogP contribution in [0.15, 0.2) is 72.8 Å². The van der Waals surface area contributed by atoms with Crippen LogP contribution in [0.1, 0.15) is 16.7 Å². The third-order valence-corrected chi connectivity index (χ3v) is 7.68. The van der Waals surface area contributed by atoms with Gasteiger partial charge in [0.1, 0.15) is 17.5 Å². The minimum atomic E-state index is -1.68. The van der Waals surface area contributed by atoms with Crippen molar-refractivity contribution < 1.29 is 72.5 Å². The number of ether oxygens (including phenoxy) is 2. The van der Waals surface area contributed by atoms with Gasteiger partial charge in [0.05, 0.1) is 14.2 Å². The Labute approximate surface area is 324 Å². The van der Waals surface area contributed by atoms with Crippen molar-refractivity contribution in [2.75, 3.05) is 14.2 Å². The zero-order valence-electron chi connectivity index (χ0n) is 31.6. The molecule has 6 atom stereocenters. The Morgan fingerprint density at radius 2 is 0.839 bits per heavy atom. The topological polar surface area (TPSA) is 247 Å². The van der Waals surface area contributed by atoms with Crippen LogP contribution < -0.4 is 15.7 Å². The van der Waals surface area contributed by atoms with Crippen LogP contribution in [0.4, 0.5) is 13.2 Å². The molecule has 0 aromatic heterocycles. The molecule has 0 aliphatic heterocycles. The van der Waals surface area contributed by atoms with Crippen molar-refractivity contribution in [3.63, 3.8) is 0 Å². The summed E-state index contributed by atoms with van der Waals surface area (Å²) in [5, 5.41) is 73.5. The van der Waals surface area contributed by atoms with Crippen LogP contribution in [0.2, 0.25) is 20.5 Å². The summed E-state index contributed by atoms with van der Waals surface area (Å²) in [5.74, 6) is -4.26. The van der Waals surface area contributed by atoms with E-state index in [1.165, 1.54) is 75.1 Å². The second-order valence-electron chi connectivity index (χ2n) is 12.6. The highest BCUT2D eigenvalue weighted by molar-refractivity contribution is 6.46. The number of carbonyl (C=O) groups is 3. The lowest BCUT2D eigenvalue weighted by Gasteiger charge is -2.23. The highest BCUT2D eigenvalue weighted by Gasteiger charge is 2.30. The van der Waals surface area contributed by atoms with Crippen molar-refractivity contribution in [1.82, 2.24) is 15.7 Å². The van der Waals surface area contributed by atoms with Gasteiger partial charge in [0, 0.05) is 18.1 Å². The van der Waals surface area contributed by atoms with E-state index in [-0.39, 0.29) is 19.3 Å². The Morgan fingerprint density at radius 1 is 0.571 bits per heavy atom. The fraction of sp³-hybridized carbons (Fsp3) is 0.400. The van der Waals surface area contributed by atoms with Gasteiger partial charge in [0.25, 0.3) is 0 Å². The maximum absolute atomic E-state index is 13.1. The summed E-state index contributed by atoms with van der Waals surface area (Å²) in [6.45, 7) is 4.33. The molecule has 0 amide bonds. The lowest BCUT2D eigenvalue weighted by atomic mass is 9.85. The number of carbonyl (C=O) groups excluding carboxylic acids is 2. The van der Waals surface area contributed by atoms with E-state index in [2.05, 4.69) is 25.2 Å². The van der Waals surface area contributed by atoms with E-state index in [4.69, 9.17) is 5.11 Å². The van der Waals surface area contributed by atoms with Crippen molar-refractivity contribution in [3.05, 3.63) is 107 Å². The second kappa shape index (κ2) is 25.8. The monoisotopic (exact) mass is 793 g/mol. The fourth-order valence-electron chi connectivity index (χ4n) is 5.21. The molecule has 0 spiro atoms. The number of aliphatic hydroxyl groups excluding tert-OH is 3. The van der Waals surface area contributed by atoms with Gasteiger partial charge in [0.2, 0.25) is 0 Å². The summed E-state index contributed by atoms with van der Waals surface area (Å²) < 4.78 is 48.1. The van der Waals surface area contributed by atoms with E-state index in [1.54, 1.807) is 18.2 Å². The number of halogens is 3. The van der Waals surface area contributed by atoms with E-state index < -0.39 is 92.9 Å². The smallest absolute Gasteiger partial charge is 0.373 e. The summed E-state index contributed by atoms with van der Waals surface area (Å²) in [5.41, 5.74) is 1.73. The molecular formula is C35H49B3F3N3O12. The van der Waals surface area contributed by atoms with Crippen molar-refractivity contribution >= 4 is 39.1 Å². The summed E-state index contributed by atoms with van der Waals surface area (Å²) in [6, 6.07) is 14.8. The molecule has 0 aliphatic carbocycles. The Morgan fingerprint density at radius 3 is 1.05 bits per heavy atom. The molecule has 15 nitrogen and oxygen atoms in total. The lowest BCUT2D eigenvalue weighted by molar-refractivity contribution is -0.152. The van der Waals surface area contributed by atoms with Gasteiger partial charge in [-0.15, -0.1) is 0 Å². The minimum Gasteiger partial charge on any atom is -0.479 e. The molecule has 3 aromatic rings. The highest BCUT2D eigenvalue weighted by Crippen LogP contribution is 2.12. The molecule has 10 N–H and O–H groups in total. The highest BCUT2D eigenvalue weighted by atomic mass is 19.1. The predicted molar refractivity (Wildman–Crippen MR) is 202 cm³/mol. The predicted octanol–water partition coefficient (Wildman–Crippen LogP) is -0.177. The first-order chi connectivity index (χ1) is 26.3. The van der Waals surface area contributed by atoms with Gasteiger partial charge >= 0.3 is 39.1 Å². The van der Waals surface area contributed by atoms with Gasteiger partial charge in [-0.2, -0.15) is 0 Å². The molecule has 0 bridgehead atoms. The number of methoxy groups -OCH3 is 2. The average Bonchev–Trinajstić information content (AvgIpc) is 3.12. The summed E-state index contributed by atoms with van der Waals surface area (Å²) in [6.07, 6.45) is -4.11. The molecule has 56 heavy (non-hydrogen) atoms. The average molecular weight is 793 g/mol. The quantitative estimate of drug-likeness (QED) is 0.0593. The summed E-state index contributed by atoms with van der Waals surface area (Å²) in [7, 11) is -0.492. The van der Waals surface area contributed by atoms with Crippen LogP contribution in [-0.4, -0.2) is 125 Å². The third kappa shape index (κ3) is 19.5. The van der Waals surface area contributed by atoms with Gasteiger partial charge in [-0.05, 0) is 92.8 Å². The first-order valence-electron chi connectivity index (χ1n) is 17.3. The Bertz CT molecular complexity index is 1570. The standard InChI is InChI=1S/2C12H17BFNO4.C11H15BFNO4/c2*1-13(18)15-10(11(16)12(17)19-2)7-8-4-3-5-9(14)6-8;1-12(18)14-9(10(15)11(16)17)6-7-3-2-4-8(13)5-7/h2*3-6,10-11,15-16,18H,7H2,1-2H3;2-5,9-10,14-15,18H,6H2,1H3,(H,16,17)/t10?,11-;;/m1../s1. The van der Waals surface area contributed by atoms with Crippen LogP contribution >= 0.6 is 0 Å². The van der Waals surface area contributed by atoms with Crippen LogP contribution in [0.25, 0.3) is 0 Å². The number of benzene rings is 3. The largest absolute Gasteiger partial charge is 0.479 e. The molecule has 306 valence electrons. The lowest BCUT2D eigenvalue weighted by Crippen LogP contribution is -2.51. The van der Waals surface area contributed by atoms with Crippen molar-refractivity contribution in [1.29, 1.82) is 0 Å². The molecule has 3 aromatic carbocycles. The second-order valence-corrected chi connectivity index (χ2v) is 12.6. The van der Waals surface area contributed by atoms with Crippen LogP contribution in [0.5, 0.6) is 0 Å². The number of aliphatic carboxylic acids is 1. The van der Waals surface area contributed by atoms with Gasteiger partial charge in [-0.25, -0.2) is 27.6 Å². The molecule has 0 radical (unpaired) electrons. The van der Waals surface area contributed by atoms with E-state index in [9.17, 15) is 57.9 Å². The van der Waals surface area contributed by atoms with E-state index >= 15 is 0 Å². The molecule has 21 heteroatoms. The molecular weight excluding hydrogens is 744 g/mol. The molecule has 0 saturated carbocycles. The first-order valence-corrected chi connectivity index (χ1v) is 17.3. The number of aliphatic hydroxyl groups is 3. The number of carboxylic acids is 1. The normalized spacial score (nSPS) is 13.8. The number of esters is 2. The maximum Gasteiger partial charge on any atom is 0.373 e. The fourth-order valence-corrected chi connectivity index (χ4v) is 5.21. The molecule has 0 heterocycles. The van der Waals surface area contributed by atoms with E-state index in [1.807, 2.05) is 0 Å². The number of hydrogen-bond acceptors (Lipinski definition) is 14. The molecule has 0 fully saturated rings. The number of carboxylic acid groups (broad SMARTS) is 1. The summed E-state index contributed by atoms with van der Waals surface area (Å²) in [4.78, 5) is 33.4. The Kier molecular flexibility index (Phi) is 22.9. The number of rotatable bonds is 18. The first kappa shape index (κ1) is 49.7. The van der Waals surface area contributed by atoms with Crippen molar-refractivity contribution in [2.24, 2.45) is 0 Å². The molecule has 5 unspecified atom stereocenters. The maximum atomic E-state index is 13.1. The van der Waals surface area contributed by atoms with Gasteiger partial charge in [-0.1, -0.05) is 36.4 Å². The van der Waals surface area contributed by atoms with Crippen molar-refractivity contribution in [3.8, 4) is 0 Å². The Balaban J connectivity index is 0.000000420. The number of hydrogen-bond donors (Lipinski definition) is 10. The zero-order chi connectivity index (χ0) is 42.5. The zero-order valence-corrected chi connectivity index (χ0v) is 31.6. The van der Waals surface area contributed by atoms with E-state index in [0.717, 1.165) is 14.2 Å². The molecule has 3 rings (SSSR count). The number of nitrogens with one attached hydrogen (secondary N) is 3. The SMILES string of the molecule is CB(O)NC(Cc1cccc(F)c1)C(O)C(=O)O.COC(=O)C(O)C(Cc1cccc(F)c1)NB(C)O.COC(=O)[C@H](O)C(Cc1cccc(F)c1)NB(C)O. The molecule has 0 saturated heterocycles.